The van der Waals surface area contributed by atoms with Gasteiger partial charge in [-0.05, 0) is 12.8 Å². The van der Waals surface area contributed by atoms with Gasteiger partial charge in [0.1, 0.15) is 0 Å². The largest absolute Gasteiger partial charge is 0.297 e. The van der Waals surface area contributed by atoms with Gasteiger partial charge in [-0.3, -0.25) is 9.11 Å². The van der Waals surface area contributed by atoms with Gasteiger partial charge in [-0.25, -0.2) is 0 Å². The summed E-state index contributed by atoms with van der Waals surface area (Å²) in [6.07, 6.45) is 3.40. The van der Waals surface area contributed by atoms with Gasteiger partial charge >= 0.3 is 0 Å². The molecule has 0 aromatic carbocycles. The van der Waals surface area contributed by atoms with Crippen LogP contribution < -0.4 is 0 Å². The van der Waals surface area contributed by atoms with Crippen molar-refractivity contribution in [2.24, 2.45) is 5.92 Å². The highest BCUT2D eigenvalue weighted by Crippen LogP contribution is 2.29. The van der Waals surface area contributed by atoms with Crippen molar-refractivity contribution in [1.82, 2.24) is 4.90 Å². The fourth-order valence-corrected chi connectivity index (χ4v) is 3.59. The second kappa shape index (κ2) is 4.41. The van der Waals surface area contributed by atoms with E-state index in [0.29, 0.717) is 6.04 Å². The first-order chi connectivity index (χ1) is 6.81. The van der Waals surface area contributed by atoms with E-state index in [1.54, 1.807) is 0 Å². The van der Waals surface area contributed by atoms with Gasteiger partial charge < -0.3 is 0 Å². The molecule has 3 nitrogen and oxygen atoms in total. The molecule has 1 saturated heterocycles. The third-order valence-corrected chi connectivity index (χ3v) is 4.60. The van der Waals surface area contributed by atoms with Gasteiger partial charge in [0.25, 0.3) is 0 Å². The molecule has 14 heavy (non-hydrogen) atoms. The Bertz CT molecular complexity index is 264. The van der Waals surface area contributed by atoms with Gasteiger partial charge in [-0.15, -0.1) is 0 Å². The molecule has 0 amide bonds. The van der Waals surface area contributed by atoms with E-state index < -0.39 is 10.8 Å². The fourth-order valence-electron chi connectivity index (χ4n) is 2.51. The molecule has 2 fully saturated rings. The molecule has 2 unspecified atom stereocenters. The third-order valence-electron chi connectivity index (χ3n) is 3.33. The highest BCUT2D eigenvalue weighted by atomic mass is 32.2. The van der Waals surface area contributed by atoms with E-state index in [1.807, 2.05) is 0 Å². The van der Waals surface area contributed by atoms with Crippen LogP contribution in [-0.4, -0.2) is 39.7 Å². The van der Waals surface area contributed by atoms with Crippen molar-refractivity contribution in [1.29, 1.82) is 5.26 Å². The van der Waals surface area contributed by atoms with Crippen LogP contribution in [0, 0.1) is 17.2 Å². The lowest BCUT2D eigenvalue weighted by atomic mass is 10.0. The fraction of sp³-hybridized carbons (Fsp3) is 0.900. The summed E-state index contributed by atoms with van der Waals surface area (Å²) >= 11 is 0. The Morgan fingerprint density at radius 2 is 2.00 bits per heavy atom. The van der Waals surface area contributed by atoms with Gasteiger partial charge in [0.05, 0.1) is 12.0 Å². The first kappa shape index (κ1) is 10.1. The molecule has 1 saturated carbocycles. The Morgan fingerprint density at radius 3 is 2.64 bits per heavy atom. The van der Waals surface area contributed by atoms with Crippen LogP contribution in [0.5, 0.6) is 0 Å². The summed E-state index contributed by atoms with van der Waals surface area (Å²) in [5, 5.41) is 8.98. The maximum atomic E-state index is 11.2. The van der Waals surface area contributed by atoms with Gasteiger partial charge in [0.2, 0.25) is 0 Å². The van der Waals surface area contributed by atoms with Crippen LogP contribution in [0.1, 0.15) is 19.3 Å². The molecular weight excluding hydrogens is 196 g/mol. The smallest absolute Gasteiger partial charge is 0.0672 e. The van der Waals surface area contributed by atoms with Gasteiger partial charge in [-0.1, -0.05) is 6.42 Å². The monoisotopic (exact) mass is 212 g/mol. The van der Waals surface area contributed by atoms with Gasteiger partial charge in [0, 0.05) is 41.4 Å². The average molecular weight is 212 g/mol. The summed E-state index contributed by atoms with van der Waals surface area (Å²) in [6.45, 7) is 1.85. The lowest BCUT2D eigenvalue weighted by molar-refractivity contribution is 0.195. The first-order valence-corrected chi connectivity index (χ1v) is 6.78. The molecule has 1 aliphatic heterocycles. The van der Waals surface area contributed by atoms with Crippen LogP contribution in [-0.2, 0) is 10.8 Å². The summed E-state index contributed by atoms with van der Waals surface area (Å²) in [5.41, 5.74) is 0. The van der Waals surface area contributed by atoms with Crippen LogP contribution in [0.15, 0.2) is 0 Å². The Kier molecular flexibility index (Phi) is 3.19. The Morgan fingerprint density at radius 1 is 1.29 bits per heavy atom. The molecule has 2 rings (SSSR count). The molecule has 1 heterocycles. The minimum absolute atomic E-state index is 0.224. The third kappa shape index (κ3) is 1.99. The molecule has 78 valence electrons. The molecule has 2 atom stereocenters. The maximum Gasteiger partial charge on any atom is 0.0672 e. The average Bonchev–Trinajstić information content (AvgIpc) is 2.67. The normalized spacial score (nSPS) is 35.6. The van der Waals surface area contributed by atoms with E-state index in [-0.39, 0.29) is 5.92 Å². The highest BCUT2D eigenvalue weighted by molar-refractivity contribution is 7.85. The zero-order chi connectivity index (χ0) is 9.97. The molecule has 0 spiro atoms. The Labute approximate surface area is 87.5 Å². The molecule has 0 bridgehead atoms. The lowest BCUT2D eigenvalue weighted by Crippen LogP contribution is -2.45. The van der Waals surface area contributed by atoms with Crippen molar-refractivity contribution in [2.45, 2.75) is 25.3 Å². The van der Waals surface area contributed by atoms with Crippen LogP contribution in [0.25, 0.3) is 0 Å². The van der Waals surface area contributed by atoms with E-state index in [2.05, 4.69) is 11.0 Å². The second-order valence-electron chi connectivity index (χ2n) is 4.12. The van der Waals surface area contributed by atoms with Crippen molar-refractivity contribution in [3.63, 3.8) is 0 Å². The number of rotatable bonds is 1. The Hall–Kier alpha value is -0.400. The quantitative estimate of drug-likeness (QED) is 0.644. The maximum absolute atomic E-state index is 11.2. The van der Waals surface area contributed by atoms with Crippen LogP contribution in [0.2, 0.25) is 0 Å². The number of nitrogens with zero attached hydrogens (tertiary/aromatic N) is 2. The number of hydrogen-bond acceptors (Lipinski definition) is 3. The van der Waals surface area contributed by atoms with E-state index in [4.69, 9.17) is 5.26 Å². The number of hydrogen-bond donors (Lipinski definition) is 0. The summed E-state index contributed by atoms with van der Waals surface area (Å²) in [4.78, 5) is 2.38. The lowest BCUT2D eigenvalue weighted by Gasteiger charge is -2.33. The molecule has 0 N–H and O–H groups in total. The minimum atomic E-state index is -0.599. The standard InChI is InChI=1S/C10H16N2OS/c11-8-9-2-1-3-10(9)12-4-6-14(13)7-5-12/h9-10H,1-7H2. The van der Waals surface area contributed by atoms with Gasteiger partial charge in [-0.2, -0.15) is 5.26 Å². The van der Waals surface area contributed by atoms with E-state index in [1.165, 1.54) is 6.42 Å². The Balaban J connectivity index is 1.95. The first-order valence-electron chi connectivity index (χ1n) is 5.30. The molecular formula is C10H16N2OS. The topological polar surface area (TPSA) is 44.1 Å². The van der Waals surface area contributed by atoms with Crippen molar-refractivity contribution < 1.29 is 4.21 Å². The van der Waals surface area contributed by atoms with E-state index >= 15 is 0 Å². The zero-order valence-corrected chi connectivity index (χ0v) is 9.13. The molecule has 4 heteroatoms. The summed E-state index contributed by atoms with van der Waals surface area (Å²) < 4.78 is 11.2. The van der Waals surface area contributed by atoms with E-state index in [0.717, 1.165) is 37.4 Å². The zero-order valence-electron chi connectivity index (χ0n) is 8.32. The minimum Gasteiger partial charge on any atom is -0.297 e. The van der Waals surface area contributed by atoms with Crippen LogP contribution in [0.4, 0.5) is 0 Å². The molecule has 1 aliphatic carbocycles. The molecule has 0 aromatic heterocycles. The molecule has 0 aromatic rings. The predicted molar refractivity (Wildman–Crippen MR) is 56.2 cm³/mol. The number of nitriles is 1. The molecule has 2 aliphatic rings. The van der Waals surface area contributed by atoms with Crippen LogP contribution in [0.3, 0.4) is 0 Å². The highest BCUT2D eigenvalue weighted by Gasteiger charge is 2.33. The van der Waals surface area contributed by atoms with Crippen molar-refractivity contribution in [3.05, 3.63) is 0 Å². The SMILES string of the molecule is N#CC1CCCC1N1CCS(=O)CC1. The summed E-state index contributed by atoms with van der Waals surface area (Å²) in [6, 6.07) is 2.86. The predicted octanol–water partition coefficient (Wildman–Crippen LogP) is 0.743. The second-order valence-corrected chi connectivity index (χ2v) is 5.81. The summed E-state index contributed by atoms with van der Waals surface area (Å²) in [7, 11) is -0.599. The summed E-state index contributed by atoms with van der Waals surface area (Å²) in [5.74, 6) is 1.82. The van der Waals surface area contributed by atoms with Gasteiger partial charge in [0.15, 0.2) is 0 Å². The van der Waals surface area contributed by atoms with E-state index in [9.17, 15) is 4.21 Å². The van der Waals surface area contributed by atoms with Crippen LogP contribution >= 0.6 is 0 Å². The molecule has 0 radical (unpaired) electrons. The van der Waals surface area contributed by atoms with Crippen molar-refractivity contribution >= 4 is 10.8 Å². The van der Waals surface area contributed by atoms with Crippen molar-refractivity contribution in [3.8, 4) is 6.07 Å². The van der Waals surface area contributed by atoms with Crippen molar-refractivity contribution in [2.75, 3.05) is 24.6 Å².